The molecule has 2 atom stereocenters. The van der Waals surface area contributed by atoms with Crippen LogP contribution in [0.25, 0.3) is 0 Å². The van der Waals surface area contributed by atoms with Crippen molar-refractivity contribution in [1.82, 2.24) is 0 Å². The summed E-state index contributed by atoms with van der Waals surface area (Å²) < 4.78 is 5.43. The minimum absolute atomic E-state index is 0.0210. The fraction of sp³-hybridized carbons (Fsp3) is 0.348. The fourth-order valence-corrected chi connectivity index (χ4v) is 4.64. The fourth-order valence-electron chi connectivity index (χ4n) is 4.64. The van der Waals surface area contributed by atoms with E-state index in [0.717, 1.165) is 42.5 Å². The van der Waals surface area contributed by atoms with Gasteiger partial charge in [-0.3, -0.25) is 10.1 Å². The van der Waals surface area contributed by atoms with Gasteiger partial charge < -0.3 is 9.64 Å². The smallest absolute Gasteiger partial charge is 0.354 e. The van der Waals surface area contributed by atoms with E-state index in [9.17, 15) is 14.9 Å². The molecule has 2 aliphatic rings. The molecule has 0 aromatic heterocycles. The van der Waals surface area contributed by atoms with Gasteiger partial charge in [-0.2, -0.15) is 0 Å². The third kappa shape index (κ3) is 3.50. The van der Waals surface area contributed by atoms with E-state index in [1.54, 1.807) is 19.1 Å². The zero-order chi connectivity index (χ0) is 20.4. The van der Waals surface area contributed by atoms with E-state index in [2.05, 4.69) is 12.1 Å². The van der Waals surface area contributed by atoms with Gasteiger partial charge in [0.2, 0.25) is 0 Å². The summed E-state index contributed by atoms with van der Waals surface area (Å²) in [5.41, 5.74) is 3.71. The van der Waals surface area contributed by atoms with E-state index < -0.39 is 4.92 Å². The Bertz CT molecular complexity index is 937. The van der Waals surface area contributed by atoms with Crippen molar-refractivity contribution in [3.8, 4) is 0 Å². The number of ether oxygens (including phenoxy) is 1. The van der Waals surface area contributed by atoms with Crippen LogP contribution in [0.5, 0.6) is 0 Å². The number of hydrogen-bond donors (Lipinski definition) is 0. The maximum absolute atomic E-state index is 13.0. The molecule has 1 heterocycles. The van der Waals surface area contributed by atoms with E-state index in [-0.39, 0.29) is 23.6 Å². The number of benzene rings is 2. The number of fused-ring (bicyclic) bond motifs is 1. The summed E-state index contributed by atoms with van der Waals surface area (Å²) in [6.45, 7) is 2.12. The van der Waals surface area contributed by atoms with Crippen molar-refractivity contribution < 1.29 is 14.5 Å². The Labute approximate surface area is 169 Å². The second-order valence-corrected chi connectivity index (χ2v) is 7.45. The van der Waals surface area contributed by atoms with Crippen LogP contribution in [0, 0.1) is 16.0 Å². The van der Waals surface area contributed by atoms with Crippen LogP contribution in [0.3, 0.4) is 0 Å². The van der Waals surface area contributed by atoms with Crippen molar-refractivity contribution in [1.29, 1.82) is 0 Å². The van der Waals surface area contributed by atoms with Gasteiger partial charge in [0.15, 0.2) is 0 Å². The highest BCUT2D eigenvalue weighted by molar-refractivity contribution is 5.95. The molecule has 2 aromatic carbocycles. The molecule has 0 amide bonds. The van der Waals surface area contributed by atoms with Crippen LogP contribution < -0.4 is 4.90 Å². The first-order chi connectivity index (χ1) is 14.1. The highest BCUT2D eigenvalue weighted by atomic mass is 16.6. The number of carbonyl (C=O) groups is 1. The largest absolute Gasteiger partial charge is 0.461 e. The first-order valence-corrected chi connectivity index (χ1v) is 10.1. The first kappa shape index (κ1) is 19.2. The highest BCUT2D eigenvalue weighted by Gasteiger charge is 2.45. The Hall–Kier alpha value is -3.15. The number of hydrogen-bond acceptors (Lipinski definition) is 5. The van der Waals surface area contributed by atoms with Crippen molar-refractivity contribution in [2.45, 2.75) is 38.6 Å². The molecule has 29 heavy (non-hydrogen) atoms. The maximum atomic E-state index is 13.0. The molecule has 1 aliphatic heterocycles. The Balaban J connectivity index is 1.86. The minimum Gasteiger partial charge on any atom is -0.461 e. The first-order valence-electron chi connectivity index (χ1n) is 10.1. The summed E-state index contributed by atoms with van der Waals surface area (Å²) in [5, 5.41) is 11.1. The number of nitro benzene ring substituents is 1. The summed E-state index contributed by atoms with van der Waals surface area (Å²) in [7, 11) is 0. The monoisotopic (exact) mass is 392 g/mol. The standard InChI is InChI=1S/C23H24N2O4/c1-2-29-23(26)22-20-11-7-6-10-19(20)21(16-8-4-3-5-9-16)24(22)17-12-14-18(15-13-17)25(27)28/h3-5,8-9,12-15,19,21H,2,6-7,10-11H2,1H3/t19-,21+/m0/s1. The minimum atomic E-state index is -0.410. The van der Waals surface area contributed by atoms with Crippen LogP contribution in [0.15, 0.2) is 65.9 Å². The number of non-ortho nitro benzene ring substituents is 1. The van der Waals surface area contributed by atoms with Crippen molar-refractivity contribution >= 4 is 17.3 Å². The lowest BCUT2D eigenvalue weighted by atomic mass is 9.79. The Morgan fingerprint density at radius 1 is 1.14 bits per heavy atom. The van der Waals surface area contributed by atoms with E-state index in [4.69, 9.17) is 4.74 Å². The number of rotatable bonds is 5. The average molecular weight is 392 g/mol. The molecule has 4 rings (SSSR count). The molecule has 0 radical (unpaired) electrons. The normalized spacial score (nSPS) is 21.1. The highest BCUT2D eigenvalue weighted by Crippen LogP contribution is 2.52. The van der Waals surface area contributed by atoms with Crippen molar-refractivity contribution in [3.63, 3.8) is 0 Å². The molecule has 0 bridgehead atoms. The van der Waals surface area contributed by atoms with Crippen LogP contribution in [0.2, 0.25) is 0 Å². The van der Waals surface area contributed by atoms with Gasteiger partial charge in [0.1, 0.15) is 5.70 Å². The van der Waals surface area contributed by atoms with Crippen LogP contribution in [0.4, 0.5) is 11.4 Å². The molecule has 0 unspecified atom stereocenters. The lowest BCUT2D eigenvalue weighted by Gasteiger charge is -2.33. The summed E-state index contributed by atoms with van der Waals surface area (Å²) >= 11 is 0. The molecule has 0 saturated heterocycles. The van der Waals surface area contributed by atoms with Gasteiger partial charge in [-0.1, -0.05) is 36.8 Å². The molecule has 1 aliphatic carbocycles. The topological polar surface area (TPSA) is 72.7 Å². The lowest BCUT2D eigenvalue weighted by Crippen LogP contribution is -2.30. The predicted molar refractivity (Wildman–Crippen MR) is 110 cm³/mol. The number of anilines is 1. The molecule has 150 valence electrons. The van der Waals surface area contributed by atoms with Gasteiger partial charge in [-0.25, -0.2) is 4.79 Å². The number of carbonyl (C=O) groups excluding carboxylic acids is 1. The zero-order valence-electron chi connectivity index (χ0n) is 16.4. The number of nitrogens with zero attached hydrogens (tertiary/aromatic N) is 2. The van der Waals surface area contributed by atoms with Crippen LogP contribution >= 0.6 is 0 Å². The van der Waals surface area contributed by atoms with Crippen molar-refractivity contribution in [3.05, 3.63) is 81.5 Å². The van der Waals surface area contributed by atoms with E-state index in [1.807, 2.05) is 23.1 Å². The molecule has 6 nitrogen and oxygen atoms in total. The SMILES string of the molecule is CCOC(=O)C1=C2CCCC[C@@H]2[C@@H](c2ccccc2)N1c1ccc([N+](=O)[O-])cc1. The molecular weight excluding hydrogens is 368 g/mol. The second-order valence-electron chi connectivity index (χ2n) is 7.45. The summed E-state index contributed by atoms with van der Waals surface area (Å²) in [6, 6.07) is 16.6. The van der Waals surface area contributed by atoms with Gasteiger partial charge in [0.25, 0.3) is 5.69 Å². The van der Waals surface area contributed by atoms with Crippen molar-refractivity contribution in [2.75, 3.05) is 11.5 Å². The van der Waals surface area contributed by atoms with E-state index in [0.29, 0.717) is 12.3 Å². The van der Waals surface area contributed by atoms with E-state index >= 15 is 0 Å². The molecule has 1 fully saturated rings. The second kappa shape index (κ2) is 8.07. The van der Waals surface area contributed by atoms with Gasteiger partial charge in [-0.05, 0) is 49.5 Å². The van der Waals surface area contributed by atoms with Crippen LogP contribution in [0.1, 0.15) is 44.2 Å². The molecule has 0 N–H and O–H groups in total. The van der Waals surface area contributed by atoms with E-state index in [1.165, 1.54) is 12.1 Å². The molecule has 0 spiro atoms. The zero-order valence-corrected chi connectivity index (χ0v) is 16.4. The number of esters is 1. The van der Waals surface area contributed by atoms with Gasteiger partial charge in [0.05, 0.1) is 17.6 Å². The van der Waals surface area contributed by atoms with Crippen LogP contribution in [-0.4, -0.2) is 17.5 Å². The molecule has 1 saturated carbocycles. The van der Waals surface area contributed by atoms with Gasteiger partial charge >= 0.3 is 5.97 Å². The summed E-state index contributed by atoms with van der Waals surface area (Å²) in [4.78, 5) is 25.7. The molecule has 6 heteroatoms. The molecular formula is C23H24N2O4. The molecule has 2 aromatic rings. The number of nitro groups is 1. The maximum Gasteiger partial charge on any atom is 0.354 e. The third-order valence-electron chi connectivity index (χ3n) is 5.81. The van der Waals surface area contributed by atoms with Gasteiger partial charge in [-0.15, -0.1) is 0 Å². The lowest BCUT2D eigenvalue weighted by molar-refractivity contribution is -0.384. The third-order valence-corrected chi connectivity index (χ3v) is 5.81. The predicted octanol–water partition coefficient (Wildman–Crippen LogP) is 5.16. The van der Waals surface area contributed by atoms with Crippen molar-refractivity contribution in [2.24, 2.45) is 5.92 Å². The van der Waals surface area contributed by atoms with Crippen LogP contribution in [-0.2, 0) is 9.53 Å². The Morgan fingerprint density at radius 3 is 2.52 bits per heavy atom. The Kier molecular flexibility index (Phi) is 5.34. The Morgan fingerprint density at radius 2 is 1.86 bits per heavy atom. The quantitative estimate of drug-likeness (QED) is 0.399. The summed E-state index contributed by atoms with van der Waals surface area (Å²) in [5.74, 6) is -0.0769. The van der Waals surface area contributed by atoms with Gasteiger partial charge in [0, 0.05) is 23.7 Å². The average Bonchev–Trinajstić information content (AvgIpc) is 3.10. The summed E-state index contributed by atoms with van der Waals surface area (Å²) in [6.07, 6.45) is 4.08.